The zero-order valence-electron chi connectivity index (χ0n) is 8.61. The van der Waals surface area contributed by atoms with Crippen molar-refractivity contribution in [1.29, 1.82) is 0 Å². The summed E-state index contributed by atoms with van der Waals surface area (Å²) in [5, 5.41) is 12.8. The number of hydrogen-bond donors (Lipinski definition) is 1. The van der Waals surface area contributed by atoms with Crippen LogP contribution in [0.1, 0.15) is 5.69 Å². The van der Waals surface area contributed by atoms with Crippen LogP contribution in [0.5, 0.6) is 0 Å². The fourth-order valence-electron chi connectivity index (χ4n) is 1.35. The highest BCUT2D eigenvalue weighted by Gasteiger charge is 2.12. The predicted molar refractivity (Wildman–Crippen MR) is 51.6 cm³/mol. The number of aliphatic hydroxyl groups is 1. The van der Waals surface area contributed by atoms with Gasteiger partial charge in [-0.15, -0.1) is 0 Å². The van der Waals surface area contributed by atoms with Crippen LogP contribution >= 0.6 is 0 Å². The largest absolute Gasteiger partial charge is 0.395 e. The molecule has 1 aromatic heterocycles. The Labute approximate surface area is 87.1 Å². The fourth-order valence-corrected chi connectivity index (χ4v) is 1.35. The zero-order valence-corrected chi connectivity index (χ0v) is 8.61. The minimum absolute atomic E-state index is 0.125. The summed E-state index contributed by atoms with van der Waals surface area (Å²) in [5.41, 5.74) is 0.728. The maximum atomic E-state index is 12.2. The summed E-state index contributed by atoms with van der Waals surface area (Å²) < 4.78 is 26.0. The Kier molecular flexibility index (Phi) is 4.64. The summed E-state index contributed by atoms with van der Waals surface area (Å²) in [6, 6.07) is 1.77. The van der Waals surface area contributed by atoms with Crippen LogP contribution in [-0.4, -0.2) is 45.9 Å². The highest BCUT2D eigenvalue weighted by molar-refractivity contribution is 4.98. The molecule has 6 heteroatoms. The highest BCUT2D eigenvalue weighted by atomic mass is 19.3. The molecule has 0 unspecified atom stereocenters. The smallest absolute Gasteiger partial charge is 0.251 e. The lowest BCUT2D eigenvalue weighted by atomic mass is 10.3. The van der Waals surface area contributed by atoms with E-state index in [1.165, 1.54) is 4.90 Å². The first-order chi connectivity index (χ1) is 7.11. The molecule has 4 nitrogen and oxygen atoms in total. The first-order valence-corrected chi connectivity index (χ1v) is 4.71. The molecule has 0 aliphatic carbocycles. The van der Waals surface area contributed by atoms with Crippen molar-refractivity contribution >= 4 is 0 Å². The Bertz CT molecular complexity index is 291. The van der Waals surface area contributed by atoms with Crippen LogP contribution in [0.2, 0.25) is 0 Å². The third-order valence-corrected chi connectivity index (χ3v) is 1.97. The molecule has 0 fully saturated rings. The Morgan fingerprint density at radius 1 is 1.60 bits per heavy atom. The van der Waals surface area contributed by atoms with Crippen LogP contribution < -0.4 is 0 Å². The summed E-state index contributed by atoms with van der Waals surface area (Å²) in [6.45, 7) is 0.114. The van der Waals surface area contributed by atoms with E-state index < -0.39 is 6.43 Å². The lowest BCUT2D eigenvalue weighted by Crippen LogP contribution is -2.31. The standard InChI is InChI=1S/C9H15F2N3O/c1-13-3-2-8(12-13)6-14(4-5-15)7-9(10)11/h2-3,9,15H,4-7H2,1H3. The lowest BCUT2D eigenvalue weighted by molar-refractivity contribution is 0.0739. The van der Waals surface area contributed by atoms with Gasteiger partial charge in [-0.3, -0.25) is 9.58 Å². The summed E-state index contributed by atoms with van der Waals surface area (Å²) >= 11 is 0. The van der Waals surface area contributed by atoms with Crippen molar-refractivity contribution in [3.8, 4) is 0 Å². The molecule has 15 heavy (non-hydrogen) atoms. The molecular formula is C9H15F2N3O. The van der Waals surface area contributed by atoms with E-state index in [1.54, 1.807) is 24.0 Å². The van der Waals surface area contributed by atoms with Crippen molar-refractivity contribution in [3.05, 3.63) is 18.0 Å². The second-order valence-corrected chi connectivity index (χ2v) is 3.33. The number of hydrogen-bond acceptors (Lipinski definition) is 3. The van der Waals surface area contributed by atoms with Gasteiger partial charge in [0.2, 0.25) is 0 Å². The van der Waals surface area contributed by atoms with Gasteiger partial charge in [0.05, 0.1) is 18.8 Å². The maximum Gasteiger partial charge on any atom is 0.251 e. The van der Waals surface area contributed by atoms with Crippen LogP contribution in [0.4, 0.5) is 8.78 Å². The van der Waals surface area contributed by atoms with Crippen LogP contribution in [0, 0.1) is 0 Å². The van der Waals surface area contributed by atoms with Gasteiger partial charge in [0, 0.05) is 26.3 Å². The van der Waals surface area contributed by atoms with Gasteiger partial charge in [-0.2, -0.15) is 5.10 Å². The summed E-state index contributed by atoms with van der Waals surface area (Å²) in [6.07, 6.45) is -0.630. The van der Waals surface area contributed by atoms with Crippen LogP contribution in [-0.2, 0) is 13.6 Å². The molecule has 0 aromatic carbocycles. The van der Waals surface area contributed by atoms with E-state index in [-0.39, 0.29) is 19.7 Å². The normalized spacial score (nSPS) is 11.6. The quantitative estimate of drug-likeness (QED) is 0.756. The SMILES string of the molecule is Cn1ccc(CN(CCO)CC(F)F)n1. The minimum Gasteiger partial charge on any atom is -0.395 e. The van der Waals surface area contributed by atoms with Crippen molar-refractivity contribution in [3.63, 3.8) is 0 Å². The molecule has 0 spiro atoms. The second kappa shape index (κ2) is 5.77. The molecule has 1 heterocycles. The molecule has 0 radical (unpaired) electrons. The van der Waals surface area contributed by atoms with Gasteiger partial charge in [0.1, 0.15) is 0 Å². The third-order valence-electron chi connectivity index (χ3n) is 1.97. The number of rotatable bonds is 6. The molecule has 0 saturated carbocycles. The number of aliphatic hydroxyl groups excluding tert-OH is 1. The number of nitrogens with zero attached hydrogens (tertiary/aromatic N) is 3. The van der Waals surface area contributed by atoms with E-state index in [0.717, 1.165) is 5.69 Å². The van der Waals surface area contributed by atoms with Gasteiger partial charge in [-0.25, -0.2) is 8.78 Å². The van der Waals surface area contributed by atoms with E-state index in [1.807, 2.05) is 0 Å². The lowest BCUT2D eigenvalue weighted by Gasteiger charge is -2.19. The Balaban J connectivity index is 2.50. The summed E-state index contributed by atoms with van der Waals surface area (Å²) in [7, 11) is 1.77. The fraction of sp³-hybridized carbons (Fsp3) is 0.667. The van der Waals surface area contributed by atoms with Crippen molar-refractivity contribution in [2.75, 3.05) is 19.7 Å². The average Bonchev–Trinajstić information content (AvgIpc) is 2.50. The Morgan fingerprint density at radius 3 is 2.80 bits per heavy atom. The highest BCUT2D eigenvalue weighted by Crippen LogP contribution is 2.04. The van der Waals surface area contributed by atoms with E-state index in [2.05, 4.69) is 5.10 Å². The zero-order chi connectivity index (χ0) is 11.3. The van der Waals surface area contributed by atoms with E-state index in [9.17, 15) is 8.78 Å². The first-order valence-electron chi connectivity index (χ1n) is 4.71. The van der Waals surface area contributed by atoms with Gasteiger partial charge < -0.3 is 5.11 Å². The Hall–Kier alpha value is -1.01. The topological polar surface area (TPSA) is 41.3 Å². The molecule has 1 N–H and O–H groups in total. The van der Waals surface area contributed by atoms with Gasteiger partial charge >= 0.3 is 0 Å². The van der Waals surface area contributed by atoms with Crippen molar-refractivity contribution in [2.45, 2.75) is 13.0 Å². The molecule has 1 rings (SSSR count). The molecule has 86 valence electrons. The first kappa shape index (κ1) is 12.1. The molecule has 0 aliphatic heterocycles. The molecule has 0 amide bonds. The van der Waals surface area contributed by atoms with Gasteiger partial charge in [0.15, 0.2) is 0 Å². The van der Waals surface area contributed by atoms with Gasteiger partial charge in [-0.1, -0.05) is 0 Å². The van der Waals surface area contributed by atoms with E-state index in [0.29, 0.717) is 6.54 Å². The van der Waals surface area contributed by atoms with Crippen molar-refractivity contribution in [1.82, 2.24) is 14.7 Å². The van der Waals surface area contributed by atoms with Gasteiger partial charge in [-0.05, 0) is 6.07 Å². The second-order valence-electron chi connectivity index (χ2n) is 3.33. The molecular weight excluding hydrogens is 204 g/mol. The molecule has 0 saturated heterocycles. The predicted octanol–water partition coefficient (Wildman–Crippen LogP) is 0.480. The molecule has 0 atom stereocenters. The maximum absolute atomic E-state index is 12.2. The van der Waals surface area contributed by atoms with Gasteiger partial charge in [0.25, 0.3) is 6.43 Å². The van der Waals surface area contributed by atoms with Crippen LogP contribution in [0.25, 0.3) is 0 Å². The third kappa shape index (κ3) is 4.35. The summed E-state index contributed by atoms with van der Waals surface area (Å²) in [5.74, 6) is 0. The number of aryl methyl sites for hydroxylation is 1. The minimum atomic E-state index is -2.39. The molecule has 1 aromatic rings. The molecule has 0 aliphatic rings. The number of halogens is 2. The monoisotopic (exact) mass is 219 g/mol. The van der Waals surface area contributed by atoms with Crippen LogP contribution in [0.15, 0.2) is 12.3 Å². The van der Waals surface area contributed by atoms with E-state index in [4.69, 9.17) is 5.11 Å². The van der Waals surface area contributed by atoms with Crippen LogP contribution in [0.3, 0.4) is 0 Å². The van der Waals surface area contributed by atoms with Crippen molar-refractivity contribution in [2.24, 2.45) is 7.05 Å². The Morgan fingerprint density at radius 2 is 2.33 bits per heavy atom. The molecule has 0 bridgehead atoms. The number of alkyl halides is 2. The average molecular weight is 219 g/mol. The number of aromatic nitrogens is 2. The van der Waals surface area contributed by atoms with E-state index >= 15 is 0 Å². The van der Waals surface area contributed by atoms with Crippen molar-refractivity contribution < 1.29 is 13.9 Å². The summed E-state index contributed by atoms with van der Waals surface area (Å²) in [4.78, 5) is 1.48.